The highest BCUT2D eigenvalue weighted by Crippen LogP contribution is 2.28. The largest absolute Gasteiger partial charge is 0.473 e. The number of imidazole rings is 1. The molecule has 0 aliphatic heterocycles. The Labute approximate surface area is 133 Å². The molecule has 4 nitrogen and oxygen atoms in total. The number of hydrogen-bond donors (Lipinski definition) is 0. The fraction of sp³-hybridized carbons (Fsp3) is 0.412. The summed E-state index contributed by atoms with van der Waals surface area (Å²) >= 11 is 1.71. The van der Waals surface area contributed by atoms with Crippen LogP contribution in [-0.4, -0.2) is 20.7 Å². The predicted molar refractivity (Wildman–Crippen MR) is 88.5 cm³/mol. The van der Waals surface area contributed by atoms with Crippen molar-refractivity contribution >= 4 is 17.0 Å². The van der Waals surface area contributed by atoms with E-state index in [2.05, 4.69) is 27.8 Å². The van der Waals surface area contributed by atoms with Gasteiger partial charge in [-0.3, -0.25) is 0 Å². The fourth-order valence-corrected chi connectivity index (χ4v) is 3.92. The quantitative estimate of drug-likeness (QED) is 0.716. The zero-order valence-corrected chi connectivity index (χ0v) is 13.5. The summed E-state index contributed by atoms with van der Waals surface area (Å²) in [5.74, 6) is 0.700. The fourth-order valence-electron chi connectivity index (χ4n) is 3.08. The summed E-state index contributed by atoms with van der Waals surface area (Å²) in [7, 11) is 0. The van der Waals surface area contributed by atoms with Crippen molar-refractivity contribution in [3.63, 3.8) is 0 Å². The number of fused-ring (bicyclic) bond motifs is 1. The third kappa shape index (κ3) is 2.50. The molecule has 114 valence electrons. The molecule has 0 amide bonds. The molecule has 0 atom stereocenters. The van der Waals surface area contributed by atoms with Crippen LogP contribution in [0.1, 0.15) is 37.7 Å². The van der Waals surface area contributed by atoms with Gasteiger partial charge in [-0.1, -0.05) is 6.42 Å². The van der Waals surface area contributed by atoms with Crippen molar-refractivity contribution in [1.82, 2.24) is 14.6 Å². The first-order valence-corrected chi connectivity index (χ1v) is 8.80. The van der Waals surface area contributed by atoms with Gasteiger partial charge in [-0.15, -0.1) is 5.10 Å². The Morgan fingerprint density at radius 3 is 2.82 bits per heavy atom. The van der Waals surface area contributed by atoms with Crippen LogP contribution in [0.5, 0.6) is 5.88 Å². The molecule has 1 saturated carbocycles. The van der Waals surface area contributed by atoms with E-state index >= 15 is 0 Å². The maximum atomic E-state index is 6.08. The van der Waals surface area contributed by atoms with Gasteiger partial charge in [0.05, 0.1) is 11.9 Å². The number of thiophene rings is 1. The van der Waals surface area contributed by atoms with Crippen molar-refractivity contribution in [3.05, 3.63) is 34.7 Å². The van der Waals surface area contributed by atoms with E-state index in [9.17, 15) is 0 Å². The van der Waals surface area contributed by atoms with Crippen molar-refractivity contribution in [1.29, 1.82) is 0 Å². The van der Waals surface area contributed by atoms with Gasteiger partial charge >= 0.3 is 0 Å². The summed E-state index contributed by atoms with van der Waals surface area (Å²) in [6.45, 7) is 2.12. The van der Waals surface area contributed by atoms with E-state index in [-0.39, 0.29) is 0 Å². The van der Waals surface area contributed by atoms with Crippen LogP contribution >= 0.6 is 11.3 Å². The third-order valence-corrected chi connectivity index (χ3v) is 5.17. The molecule has 0 unspecified atom stereocenters. The number of rotatable bonds is 3. The van der Waals surface area contributed by atoms with Gasteiger partial charge in [-0.25, -0.2) is 9.50 Å². The van der Waals surface area contributed by atoms with Crippen LogP contribution in [0.25, 0.3) is 16.9 Å². The van der Waals surface area contributed by atoms with Crippen LogP contribution < -0.4 is 4.74 Å². The molecule has 0 aromatic carbocycles. The minimum absolute atomic E-state index is 0.313. The van der Waals surface area contributed by atoms with E-state index in [1.807, 2.05) is 22.8 Å². The maximum Gasteiger partial charge on any atom is 0.232 e. The van der Waals surface area contributed by atoms with Crippen LogP contribution in [0.4, 0.5) is 0 Å². The molecule has 4 rings (SSSR count). The van der Waals surface area contributed by atoms with E-state index in [1.165, 1.54) is 30.4 Å². The van der Waals surface area contributed by atoms with Crippen LogP contribution in [0.15, 0.2) is 29.1 Å². The van der Waals surface area contributed by atoms with Gasteiger partial charge in [-0.2, -0.15) is 11.3 Å². The Morgan fingerprint density at radius 1 is 1.18 bits per heavy atom. The Balaban J connectivity index is 1.68. The second-order valence-corrected chi connectivity index (χ2v) is 6.67. The number of hydrogen-bond acceptors (Lipinski definition) is 4. The minimum atomic E-state index is 0.313. The van der Waals surface area contributed by atoms with Gasteiger partial charge in [0.15, 0.2) is 5.65 Å². The molecule has 1 aliphatic rings. The lowest BCUT2D eigenvalue weighted by molar-refractivity contribution is 0.147. The molecule has 3 aromatic heterocycles. The normalized spacial score (nSPS) is 16.2. The van der Waals surface area contributed by atoms with Crippen LogP contribution in [0, 0.1) is 6.92 Å². The van der Waals surface area contributed by atoms with E-state index in [4.69, 9.17) is 4.74 Å². The van der Waals surface area contributed by atoms with Crippen molar-refractivity contribution in [2.24, 2.45) is 0 Å². The molecular weight excluding hydrogens is 294 g/mol. The first kappa shape index (κ1) is 13.8. The number of ether oxygens (including phenoxy) is 1. The molecular formula is C17H19N3OS. The Hall–Kier alpha value is -1.88. The summed E-state index contributed by atoms with van der Waals surface area (Å²) in [5, 5.41) is 8.96. The van der Waals surface area contributed by atoms with Crippen molar-refractivity contribution < 1.29 is 4.74 Å². The summed E-state index contributed by atoms with van der Waals surface area (Å²) < 4.78 is 7.97. The molecule has 0 spiro atoms. The van der Waals surface area contributed by atoms with Gasteiger partial charge < -0.3 is 4.74 Å². The summed E-state index contributed by atoms with van der Waals surface area (Å²) in [6, 6.07) is 3.91. The van der Waals surface area contributed by atoms with Crippen molar-refractivity contribution in [3.8, 4) is 17.1 Å². The highest BCUT2D eigenvalue weighted by molar-refractivity contribution is 7.08. The molecule has 3 aromatic rings. The topological polar surface area (TPSA) is 39.4 Å². The smallest absolute Gasteiger partial charge is 0.232 e. The van der Waals surface area contributed by atoms with Crippen LogP contribution in [-0.2, 0) is 0 Å². The van der Waals surface area contributed by atoms with Gasteiger partial charge in [-0.05, 0) is 49.6 Å². The number of nitrogens with zero attached hydrogens (tertiary/aromatic N) is 3. The zero-order valence-electron chi connectivity index (χ0n) is 12.7. The molecule has 22 heavy (non-hydrogen) atoms. The first-order chi connectivity index (χ1) is 10.8. The highest BCUT2D eigenvalue weighted by atomic mass is 32.1. The molecule has 1 aliphatic carbocycles. The standard InChI is InChI=1S/C17H19N3OS/c1-12-10-22-11-14(12)15-9-18-16-7-8-17(19-20(15)16)21-13-5-3-2-4-6-13/h7-11,13H,2-6H2,1H3. The molecule has 3 heterocycles. The SMILES string of the molecule is Cc1cscc1-c1cnc2ccc(OC3CCCCC3)nn12. The van der Waals surface area contributed by atoms with Gasteiger partial charge in [0, 0.05) is 17.0 Å². The highest BCUT2D eigenvalue weighted by Gasteiger charge is 2.16. The minimum Gasteiger partial charge on any atom is -0.473 e. The first-order valence-electron chi connectivity index (χ1n) is 7.86. The molecule has 1 fully saturated rings. The van der Waals surface area contributed by atoms with E-state index in [0.29, 0.717) is 12.0 Å². The van der Waals surface area contributed by atoms with Gasteiger partial charge in [0.1, 0.15) is 6.10 Å². The molecule has 5 heteroatoms. The van der Waals surface area contributed by atoms with Crippen molar-refractivity contribution in [2.45, 2.75) is 45.1 Å². The molecule has 0 N–H and O–H groups in total. The summed E-state index contributed by atoms with van der Waals surface area (Å²) in [4.78, 5) is 4.45. The second kappa shape index (κ2) is 5.72. The monoisotopic (exact) mass is 313 g/mol. The van der Waals surface area contributed by atoms with Gasteiger partial charge in [0.25, 0.3) is 0 Å². The maximum absolute atomic E-state index is 6.08. The van der Waals surface area contributed by atoms with Crippen LogP contribution in [0.3, 0.4) is 0 Å². The Morgan fingerprint density at radius 2 is 2.05 bits per heavy atom. The Bertz CT molecular complexity index is 786. The predicted octanol–water partition coefficient (Wildman–Crippen LogP) is 4.48. The zero-order chi connectivity index (χ0) is 14.9. The molecule has 0 saturated heterocycles. The number of aryl methyl sites for hydroxylation is 1. The van der Waals surface area contributed by atoms with Gasteiger partial charge in [0.2, 0.25) is 5.88 Å². The lowest BCUT2D eigenvalue weighted by atomic mass is 9.98. The van der Waals surface area contributed by atoms with E-state index in [1.54, 1.807) is 11.3 Å². The molecule has 0 radical (unpaired) electrons. The summed E-state index contributed by atoms with van der Waals surface area (Å²) in [5.41, 5.74) is 4.34. The average molecular weight is 313 g/mol. The molecule has 0 bridgehead atoms. The lowest BCUT2D eigenvalue weighted by Gasteiger charge is -2.22. The lowest BCUT2D eigenvalue weighted by Crippen LogP contribution is -2.20. The second-order valence-electron chi connectivity index (χ2n) is 5.93. The van der Waals surface area contributed by atoms with E-state index < -0.39 is 0 Å². The number of aromatic nitrogens is 3. The Kier molecular flexibility index (Phi) is 3.58. The van der Waals surface area contributed by atoms with Crippen LogP contribution in [0.2, 0.25) is 0 Å². The average Bonchev–Trinajstić information content (AvgIpc) is 3.14. The summed E-state index contributed by atoms with van der Waals surface area (Å²) in [6.07, 6.45) is 8.33. The van der Waals surface area contributed by atoms with E-state index in [0.717, 1.165) is 24.2 Å². The van der Waals surface area contributed by atoms with Crippen molar-refractivity contribution in [2.75, 3.05) is 0 Å². The third-order valence-electron chi connectivity index (χ3n) is 4.31.